The summed E-state index contributed by atoms with van der Waals surface area (Å²) in [7, 11) is 0. The van der Waals surface area contributed by atoms with Gasteiger partial charge in [0.1, 0.15) is 0 Å². The van der Waals surface area contributed by atoms with Crippen LogP contribution in [0, 0.1) is 5.92 Å². The third-order valence-electron chi connectivity index (χ3n) is 4.78. The van der Waals surface area contributed by atoms with Crippen molar-refractivity contribution < 1.29 is 4.74 Å². The molecule has 3 saturated heterocycles. The van der Waals surface area contributed by atoms with Crippen LogP contribution in [0.1, 0.15) is 39.0 Å². The molecule has 3 fully saturated rings. The molecular weight excluding hydrogens is 212 g/mol. The lowest BCUT2D eigenvalue weighted by Crippen LogP contribution is -2.51. The van der Waals surface area contributed by atoms with Gasteiger partial charge in [-0.2, -0.15) is 0 Å². The molecule has 0 spiro atoms. The first-order chi connectivity index (χ1) is 8.33. The molecule has 0 aromatic rings. The number of hydrogen-bond acceptors (Lipinski definition) is 3. The quantitative estimate of drug-likeness (QED) is 0.809. The third-order valence-corrected chi connectivity index (χ3v) is 4.78. The summed E-state index contributed by atoms with van der Waals surface area (Å²) in [5, 5.41) is 3.70. The van der Waals surface area contributed by atoms with Crippen LogP contribution in [0.25, 0.3) is 0 Å². The Kier molecular flexibility index (Phi) is 3.69. The molecule has 3 heterocycles. The molecule has 98 valence electrons. The molecule has 0 amide bonds. The van der Waals surface area contributed by atoms with Crippen molar-refractivity contribution in [2.75, 3.05) is 26.2 Å². The molecule has 3 heteroatoms. The first-order valence-electron chi connectivity index (χ1n) is 7.44. The lowest BCUT2D eigenvalue weighted by molar-refractivity contribution is -0.0419. The van der Waals surface area contributed by atoms with Crippen LogP contribution in [0.4, 0.5) is 0 Å². The van der Waals surface area contributed by atoms with Gasteiger partial charge in [0.05, 0.1) is 12.2 Å². The minimum absolute atomic E-state index is 0.541. The molecule has 3 nitrogen and oxygen atoms in total. The maximum absolute atomic E-state index is 5.90. The third kappa shape index (κ3) is 2.83. The molecule has 17 heavy (non-hydrogen) atoms. The zero-order chi connectivity index (χ0) is 11.7. The summed E-state index contributed by atoms with van der Waals surface area (Å²) in [6.07, 6.45) is 7.77. The van der Waals surface area contributed by atoms with E-state index in [0.29, 0.717) is 12.2 Å². The number of rotatable bonds is 3. The normalized spacial score (nSPS) is 42.9. The average Bonchev–Trinajstić information content (AvgIpc) is 2.69. The van der Waals surface area contributed by atoms with Gasteiger partial charge in [0, 0.05) is 25.7 Å². The fourth-order valence-corrected chi connectivity index (χ4v) is 3.76. The summed E-state index contributed by atoms with van der Waals surface area (Å²) >= 11 is 0. The average molecular weight is 238 g/mol. The predicted molar refractivity (Wildman–Crippen MR) is 69.1 cm³/mol. The molecule has 1 N–H and O–H groups in total. The number of nitrogens with one attached hydrogen (secondary N) is 1. The molecule has 3 rings (SSSR count). The number of hydrogen-bond donors (Lipinski definition) is 1. The molecule has 0 radical (unpaired) electrons. The number of fused-ring (bicyclic) bond motifs is 2. The fraction of sp³-hybridized carbons (Fsp3) is 1.00. The van der Waals surface area contributed by atoms with Crippen LogP contribution in [0.5, 0.6) is 0 Å². The van der Waals surface area contributed by atoms with E-state index >= 15 is 0 Å². The van der Waals surface area contributed by atoms with Gasteiger partial charge in [0.15, 0.2) is 0 Å². The van der Waals surface area contributed by atoms with Crippen LogP contribution in [0.15, 0.2) is 0 Å². The summed E-state index contributed by atoms with van der Waals surface area (Å²) in [6.45, 7) is 7.15. The SMILES string of the molecule is CCC1CCNC(CN2CC3CCC(C2)O3)C1. The summed E-state index contributed by atoms with van der Waals surface area (Å²) in [6, 6.07) is 0.728. The second-order valence-electron chi connectivity index (χ2n) is 6.13. The number of piperidine rings is 1. The maximum Gasteiger partial charge on any atom is 0.0707 e. The highest BCUT2D eigenvalue weighted by atomic mass is 16.5. The van der Waals surface area contributed by atoms with Crippen molar-refractivity contribution in [1.29, 1.82) is 0 Å². The van der Waals surface area contributed by atoms with Crippen molar-refractivity contribution in [1.82, 2.24) is 10.2 Å². The number of ether oxygens (including phenoxy) is 1. The number of likely N-dealkylation sites (tertiary alicyclic amines) is 1. The molecule has 0 aromatic carbocycles. The highest BCUT2D eigenvalue weighted by Crippen LogP contribution is 2.27. The molecule has 2 bridgehead atoms. The minimum Gasteiger partial charge on any atom is -0.372 e. The van der Waals surface area contributed by atoms with E-state index in [9.17, 15) is 0 Å². The van der Waals surface area contributed by atoms with E-state index in [1.165, 1.54) is 58.3 Å². The van der Waals surface area contributed by atoms with Crippen molar-refractivity contribution in [3.05, 3.63) is 0 Å². The van der Waals surface area contributed by atoms with E-state index in [1.807, 2.05) is 0 Å². The Bertz CT molecular complexity index is 247. The van der Waals surface area contributed by atoms with Crippen LogP contribution < -0.4 is 5.32 Å². The van der Waals surface area contributed by atoms with E-state index in [1.54, 1.807) is 0 Å². The Morgan fingerprint density at radius 3 is 2.65 bits per heavy atom. The van der Waals surface area contributed by atoms with Gasteiger partial charge in [-0.1, -0.05) is 13.3 Å². The zero-order valence-corrected chi connectivity index (χ0v) is 11.0. The first kappa shape index (κ1) is 11.9. The van der Waals surface area contributed by atoms with Gasteiger partial charge in [0.25, 0.3) is 0 Å². The van der Waals surface area contributed by atoms with Gasteiger partial charge >= 0.3 is 0 Å². The summed E-state index contributed by atoms with van der Waals surface area (Å²) in [5.74, 6) is 0.957. The smallest absolute Gasteiger partial charge is 0.0707 e. The molecule has 4 atom stereocenters. The van der Waals surface area contributed by atoms with Crippen LogP contribution in [0.3, 0.4) is 0 Å². The molecule has 4 unspecified atom stereocenters. The molecule has 3 aliphatic rings. The fourth-order valence-electron chi connectivity index (χ4n) is 3.76. The molecule has 0 aliphatic carbocycles. The molecule has 0 saturated carbocycles. The Labute approximate surface area is 105 Å². The lowest BCUT2D eigenvalue weighted by Gasteiger charge is -2.37. The van der Waals surface area contributed by atoms with Crippen molar-refractivity contribution in [2.45, 2.75) is 57.3 Å². The largest absolute Gasteiger partial charge is 0.372 e. The second-order valence-corrected chi connectivity index (χ2v) is 6.13. The maximum atomic E-state index is 5.90. The lowest BCUT2D eigenvalue weighted by atomic mass is 9.90. The Hall–Kier alpha value is -0.120. The van der Waals surface area contributed by atoms with Gasteiger partial charge in [-0.05, 0) is 38.1 Å². The topological polar surface area (TPSA) is 24.5 Å². The summed E-state index contributed by atoms with van der Waals surface area (Å²) < 4.78 is 5.90. The number of morpholine rings is 1. The molecule has 3 aliphatic heterocycles. The van der Waals surface area contributed by atoms with Crippen molar-refractivity contribution in [2.24, 2.45) is 5.92 Å². The molecule has 0 aromatic heterocycles. The predicted octanol–water partition coefficient (Wildman–Crippen LogP) is 1.63. The Morgan fingerprint density at radius 2 is 1.94 bits per heavy atom. The van der Waals surface area contributed by atoms with Gasteiger partial charge in [-0.15, -0.1) is 0 Å². The van der Waals surface area contributed by atoms with Gasteiger partial charge in [0.2, 0.25) is 0 Å². The van der Waals surface area contributed by atoms with E-state index in [4.69, 9.17) is 4.74 Å². The van der Waals surface area contributed by atoms with E-state index in [-0.39, 0.29) is 0 Å². The van der Waals surface area contributed by atoms with E-state index in [2.05, 4.69) is 17.1 Å². The minimum atomic E-state index is 0.541. The van der Waals surface area contributed by atoms with Crippen LogP contribution in [-0.2, 0) is 4.74 Å². The van der Waals surface area contributed by atoms with Gasteiger partial charge < -0.3 is 10.1 Å². The first-order valence-corrected chi connectivity index (χ1v) is 7.44. The van der Waals surface area contributed by atoms with Gasteiger partial charge in [-0.3, -0.25) is 4.90 Å². The van der Waals surface area contributed by atoms with Crippen molar-refractivity contribution in [3.8, 4) is 0 Å². The van der Waals surface area contributed by atoms with Crippen LogP contribution in [0.2, 0.25) is 0 Å². The van der Waals surface area contributed by atoms with E-state index < -0.39 is 0 Å². The van der Waals surface area contributed by atoms with Crippen LogP contribution in [-0.4, -0.2) is 49.3 Å². The Morgan fingerprint density at radius 1 is 1.18 bits per heavy atom. The van der Waals surface area contributed by atoms with Crippen LogP contribution >= 0.6 is 0 Å². The standard InChI is InChI=1S/C14H26N2O/c1-2-11-5-6-15-12(7-11)8-16-9-13-3-4-14(10-16)17-13/h11-15H,2-10H2,1H3. The van der Waals surface area contributed by atoms with Crippen molar-refractivity contribution >= 4 is 0 Å². The van der Waals surface area contributed by atoms with Gasteiger partial charge in [-0.25, -0.2) is 0 Å². The van der Waals surface area contributed by atoms with E-state index in [0.717, 1.165) is 12.0 Å². The molecular formula is C14H26N2O. The Balaban J connectivity index is 1.49. The highest BCUT2D eigenvalue weighted by Gasteiger charge is 2.34. The van der Waals surface area contributed by atoms with Crippen molar-refractivity contribution in [3.63, 3.8) is 0 Å². The zero-order valence-electron chi connectivity index (χ0n) is 11.0. The summed E-state index contributed by atoms with van der Waals surface area (Å²) in [4.78, 5) is 2.64. The monoisotopic (exact) mass is 238 g/mol. The second kappa shape index (κ2) is 5.25. The number of nitrogens with zero attached hydrogens (tertiary/aromatic N) is 1. The summed E-state index contributed by atoms with van der Waals surface area (Å²) in [5.41, 5.74) is 0. The highest BCUT2D eigenvalue weighted by molar-refractivity contribution is 4.88.